The second-order valence-corrected chi connectivity index (χ2v) is 4.07. The molecule has 17 heavy (non-hydrogen) atoms. The highest BCUT2D eigenvalue weighted by Crippen LogP contribution is 2.12. The molecule has 0 aromatic heterocycles. The Labute approximate surface area is 103 Å². The summed E-state index contributed by atoms with van der Waals surface area (Å²) >= 11 is -2.37. The van der Waals surface area contributed by atoms with Gasteiger partial charge in [-0.25, -0.2) is 0 Å². The summed E-state index contributed by atoms with van der Waals surface area (Å²) in [6, 6.07) is 7.18. The molecule has 0 spiro atoms. The number of aliphatic hydroxyl groups excluding tert-OH is 1. The molecule has 5 nitrogen and oxygen atoms in total. The molecular formula is C11H14NO4S-. The first-order chi connectivity index (χ1) is 8.17. The van der Waals surface area contributed by atoms with E-state index in [9.17, 15) is 8.76 Å². The second kappa shape index (κ2) is 7.05. The molecule has 6 heteroatoms. The summed E-state index contributed by atoms with van der Waals surface area (Å²) in [7, 11) is 1.58. The Bertz CT molecular complexity index is 391. The molecule has 0 saturated heterocycles. The number of hydrogen-bond acceptors (Lipinski definition) is 4. The normalized spacial score (nSPS) is 12.6. The number of rotatable bonds is 6. The van der Waals surface area contributed by atoms with Gasteiger partial charge in [-0.2, -0.15) is 0 Å². The molecular weight excluding hydrogens is 242 g/mol. The summed E-state index contributed by atoms with van der Waals surface area (Å²) in [6.07, 6.45) is 3.05. The molecule has 0 fully saturated rings. The van der Waals surface area contributed by atoms with Gasteiger partial charge in [-0.3, -0.25) is 4.21 Å². The second-order valence-electron chi connectivity index (χ2n) is 3.17. The van der Waals surface area contributed by atoms with Crippen LogP contribution in [0.2, 0.25) is 0 Å². The number of benzene rings is 1. The van der Waals surface area contributed by atoms with Crippen LogP contribution in [0.15, 0.2) is 30.5 Å². The van der Waals surface area contributed by atoms with Gasteiger partial charge in [0, 0.05) is 17.5 Å². The molecule has 1 unspecified atom stereocenters. The van der Waals surface area contributed by atoms with Crippen molar-refractivity contribution in [3.63, 3.8) is 0 Å². The number of hydrogen-bond donors (Lipinski definition) is 1. The van der Waals surface area contributed by atoms with Crippen LogP contribution in [0.4, 0.5) is 0 Å². The van der Waals surface area contributed by atoms with Crippen molar-refractivity contribution in [2.45, 2.75) is 0 Å². The lowest BCUT2D eigenvalue weighted by Gasteiger charge is -2.20. The minimum atomic E-state index is -2.37. The van der Waals surface area contributed by atoms with E-state index in [1.165, 1.54) is 6.20 Å². The van der Waals surface area contributed by atoms with Crippen molar-refractivity contribution in [3.8, 4) is 5.75 Å². The van der Waals surface area contributed by atoms with E-state index in [0.717, 1.165) is 15.6 Å². The van der Waals surface area contributed by atoms with E-state index in [1.807, 2.05) is 0 Å². The number of methoxy groups -OCH3 is 1. The van der Waals surface area contributed by atoms with Crippen molar-refractivity contribution >= 4 is 17.3 Å². The highest BCUT2D eigenvalue weighted by Gasteiger charge is 1.97. The monoisotopic (exact) mass is 256 g/mol. The summed E-state index contributed by atoms with van der Waals surface area (Å²) in [4.78, 5) is 0. The van der Waals surface area contributed by atoms with Crippen LogP contribution in [0.5, 0.6) is 5.75 Å². The molecule has 0 radical (unpaired) electrons. The van der Waals surface area contributed by atoms with E-state index in [1.54, 1.807) is 37.5 Å². The Morgan fingerprint density at radius 1 is 1.47 bits per heavy atom. The lowest BCUT2D eigenvalue weighted by Crippen LogP contribution is -2.22. The van der Waals surface area contributed by atoms with Gasteiger partial charge in [0.25, 0.3) is 0 Å². The van der Waals surface area contributed by atoms with E-state index >= 15 is 0 Å². The van der Waals surface area contributed by atoms with Gasteiger partial charge in [0.05, 0.1) is 20.3 Å². The fraction of sp³-hybridized carbons (Fsp3) is 0.273. The van der Waals surface area contributed by atoms with Crippen LogP contribution in [-0.2, 0) is 11.3 Å². The van der Waals surface area contributed by atoms with E-state index in [4.69, 9.17) is 9.84 Å². The van der Waals surface area contributed by atoms with Crippen LogP contribution >= 0.6 is 0 Å². The summed E-state index contributed by atoms with van der Waals surface area (Å²) in [5.74, 6) is 0.738. The van der Waals surface area contributed by atoms with Crippen LogP contribution in [0.3, 0.4) is 0 Å². The molecule has 1 atom stereocenters. The van der Waals surface area contributed by atoms with Crippen molar-refractivity contribution in [2.24, 2.45) is 0 Å². The molecule has 94 valence electrons. The van der Waals surface area contributed by atoms with Gasteiger partial charge in [-0.1, -0.05) is 12.1 Å². The van der Waals surface area contributed by atoms with Crippen molar-refractivity contribution in [1.82, 2.24) is 4.31 Å². The van der Waals surface area contributed by atoms with Gasteiger partial charge in [-0.05, 0) is 23.8 Å². The smallest absolute Gasteiger partial charge is 0.118 e. The zero-order valence-electron chi connectivity index (χ0n) is 9.41. The van der Waals surface area contributed by atoms with Gasteiger partial charge < -0.3 is 18.7 Å². The Morgan fingerprint density at radius 3 is 2.59 bits per heavy atom. The summed E-state index contributed by atoms with van der Waals surface area (Å²) in [6.45, 7) is -0.177. The van der Waals surface area contributed by atoms with Gasteiger partial charge >= 0.3 is 0 Å². The molecule has 0 bridgehead atoms. The number of nitrogens with zero attached hydrogens (tertiary/aromatic N) is 1. The molecule has 1 aromatic rings. The highest BCUT2D eigenvalue weighted by molar-refractivity contribution is 7.76. The minimum Gasteiger partial charge on any atom is -0.755 e. The SMILES string of the molecule is COc1ccc(C=CN(CCO)S(=O)[O-])cc1. The first-order valence-corrected chi connectivity index (χ1v) is 5.99. The third kappa shape index (κ3) is 4.56. The lowest BCUT2D eigenvalue weighted by molar-refractivity contribution is 0.271. The van der Waals surface area contributed by atoms with Crippen molar-refractivity contribution < 1.29 is 18.6 Å². The first kappa shape index (κ1) is 13.7. The largest absolute Gasteiger partial charge is 0.755 e. The average Bonchev–Trinajstić information content (AvgIpc) is 2.34. The Kier molecular flexibility index (Phi) is 5.68. The molecule has 1 aromatic carbocycles. The van der Waals surface area contributed by atoms with Crippen LogP contribution in [0.1, 0.15) is 5.56 Å². The lowest BCUT2D eigenvalue weighted by atomic mass is 10.2. The Hall–Kier alpha value is -1.37. The quantitative estimate of drug-likeness (QED) is 0.762. The van der Waals surface area contributed by atoms with Crippen LogP contribution < -0.4 is 4.74 Å². The van der Waals surface area contributed by atoms with Crippen LogP contribution in [0.25, 0.3) is 6.08 Å². The summed E-state index contributed by atoms with van der Waals surface area (Å²) in [5.41, 5.74) is 0.846. The van der Waals surface area contributed by atoms with Gasteiger partial charge in [0.1, 0.15) is 5.75 Å². The maximum atomic E-state index is 10.8. The Balaban J connectivity index is 2.70. The molecule has 0 aliphatic rings. The minimum absolute atomic E-state index is 0.0444. The van der Waals surface area contributed by atoms with E-state index in [2.05, 4.69) is 0 Å². The highest BCUT2D eigenvalue weighted by atomic mass is 32.2. The van der Waals surface area contributed by atoms with Crippen LogP contribution in [-0.4, -0.2) is 38.4 Å². The van der Waals surface area contributed by atoms with Gasteiger partial charge in [0.2, 0.25) is 0 Å². The van der Waals surface area contributed by atoms with E-state index in [-0.39, 0.29) is 13.2 Å². The molecule has 0 aliphatic carbocycles. The molecule has 0 aliphatic heterocycles. The molecule has 0 saturated carbocycles. The fourth-order valence-corrected chi connectivity index (χ4v) is 1.57. The topological polar surface area (TPSA) is 72.8 Å². The van der Waals surface area contributed by atoms with Gasteiger partial charge in [0.15, 0.2) is 0 Å². The van der Waals surface area contributed by atoms with E-state index in [0.29, 0.717) is 0 Å². The number of aliphatic hydroxyl groups is 1. The predicted octanol–water partition coefficient (Wildman–Crippen LogP) is 0.754. The summed E-state index contributed by atoms with van der Waals surface area (Å²) in [5, 5.41) is 8.69. The standard InChI is InChI=1S/C11H15NO4S/c1-16-11-4-2-10(3-5-11)6-7-12(8-9-13)17(14)15/h2-7,13H,8-9H2,1H3,(H,14,15)/p-1. The molecule has 0 amide bonds. The van der Waals surface area contributed by atoms with Crippen molar-refractivity contribution in [3.05, 3.63) is 36.0 Å². The Morgan fingerprint density at radius 2 is 2.12 bits per heavy atom. The maximum absolute atomic E-state index is 10.8. The summed E-state index contributed by atoms with van der Waals surface area (Å²) < 4.78 is 27.5. The molecule has 1 N–H and O–H groups in total. The predicted molar refractivity (Wildman–Crippen MR) is 64.7 cm³/mol. The number of ether oxygens (including phenoxy) is 1. The van der Waals surface area contributed by atoms with Crippen molar-refractivity contribution in [2.75, 3.05) is 20.3 Å². The average molecular weight is 256 g/mol. The first-order valence-electron chi connectivity index (χ1n) is 4.96. The molecule has 1 rings (SSSR count). The van der Waals surface area contributed by atoms with Gasteiger partial charge in [-0.15, -0.1) is 0 Å². The fourth-order valence-electron chi connectivity index (χ4n) is 1.18. The zero-order chi connectivity index (χ0) is 12.7. The van der Waals surface area contributed by atoms with Crippen molar-refractivity contribution in [1.29, 1.82) is 0 Å². The zero-order valence-corrected chi connectivity index (χ0v) is 10.2. The molecule has 0 heterocycles. The van der Waals surface area contributed by atoms with E-state index < -0.39 is 11.3 Å². The maximum Gasteiger partial charge on any atom is 0.118 e. The third-order valence-corrected chi connectivity index (χ3v) is 2.75. The third-order valence-electron chi connectivity index (χ3n) is 2.06. The van der Waals surface area contributed by atoms with Crippen LogP contribution in [0, 0.1) is 0 Å².